The van der Waals surface area contributed by atoms with Crippen LogP contribution < -0.4 is 14.8 Å². The Balaban J connectivity index is 2.10. The van der Waals surface area contributed by atoms with Gasteiger partial charge < -0.3 is 19.7 Å². The zero-order chi connectivity index (χ0) is 19.8. The molecule has 0 spiro atoms. The van der Waals surface area contributed by atoms with Gasteiger partial charge in [0.05, 0.1) is 25.5 Å². The molecule has 2 rings (SSSR count). The predicted octanol–water partition coefficient (Wildman–Crippen LogP) is 2.56. The molecule has 0 aliphatic carbocycles. The maximum atomic E-state index is 12.4. The summed E-state index contributed by atoms with van der Waals surface area (Å²) in [5.74, 6) is 0.509. The molecular formula is C20H21N3O4. The normalized spacial score (nSPS) is 9.85. The molecule has 0 aromatic heterocycles. The first kappa shape index (κ1) is 19.8. The van der Waals surface area contributed by atoms with E-state index in [1.807, 2.05) is 6.07 Å². The van der Waals surface area contributed by atoms with Crippen LogP contribution in [0.1, 0.15) is 18.1 Å². The summed E-state index contributed by atoms with van der Waals surface area (Å²) in [5, 5.41) is 11.8. The number of hydrogen-bond donors (Lipinski definition) is 1. The molecule has 0 fully saturated rings. The van der Waals surface area contributed by atoms with Gasteiger partial charge in [0, 0.05) is 13.5 Å². The van der Waals surface area contributed by atoms with E-state index in [1.165, 1.54) is 18.9 Å². The summed E-state index contributed by atoms with van der Waals surface area (Å²) >= 11 is 0. The summed E-state index contributed by atoms with van der Waals surface area (Å²) in [6, 6.07) is 14.0. The first-order chi connectivity index (χ1) is 13.0. The number of nitriles is 1. The molecule has 0 saturated carbocycles. The highest BCUT2D eigenvalue weighted by molar-refractivity contribution is 5.95. The molecule has 0 heterocycles. The van der Waals surface area contributed by atoms with Gasteiger partial charge in [-0.25, -0.2) is 0 Å². The Hall–Kier alpha value is -3.53. The van der Waals surface area contributed by atoms with E-state index in [9.17, 15) is 9.59 Å². The van der Waals surface area contributed by atoms with Crippen molar-refractivity contribution in [3.8, 4) is 17.6 Å². The SMILES string of the molecule is COc1ccc(CN(CC(=O)Nc2ccccc2C#N)C(C)=O)cc1OC. The number of anilines is 1. The van der Waals surface area contributed by atoms with Crippen molar-refractivity contribution in [1.29, 1.82) is 5.26 Å². The van der Waals surface area contributed by atoms with Crippen LogP contribution in [-0.4, -0.2) is 37.5 Å². The number of hydrogen-bond acceptors (Lipinski definition) is 5. The fourth-order valence-corrected chi connectivity index (χ4v) is 2.53. The monoisotopic (exact) mass is 367 g/mol. The number of methoxy groups -OCH3 is 2. The van der Waals surface area contributed by atoms with Gasteiger partial charge in [-0.2, -0.15) is 5.26 Å². The zero-order valence-electron chi connectivity index (χ0n) is 15.5. The minimum Gasteiger partial charge on any atom is -0.493 e. The third kappa shape index (κ3) is 5.22. The van der Waals surface area contributed by atoms with Crippen LogP contribution in [0.15, 0.2) is 42.5 Å². The molecule has 0 unspecified atom stereocenters. The summed E-state index contributed by atoms with van der Waals surface area (Å²) in [7, 11) is 3.08. The van der Waals surface area contributed by atoms with Crippen LogP contribution in [0.25, 0.3) is 0 Å². The minimum absolute atomic E-state index is 0.135. The highest BCUT2D eigenvalue weighted by Gasteiger charge is 2.16. The lowest BCUT2D eigenvalue weighted by Gasteiger charge is -2.21. The summed E-state index contributed by atoms with van der Waals surface area (Å²) in [4.78, 5) is 25.7. The number of amides is 2. The zero-order valence-corrected chi connectivity index (χ0v) is 15.5. The van der Waals surface area contributed by atoms with Crippen molar-refractivity contribution in [2.45, 2.75) is 13.5 Å². The molecule has 0 saturated heterocycles. The van der Waals surface area contributed by atoms with Crippen LogP contribution in [0.2, 0.25) is 0 Å². The summed E-state index contributed by atoms with van der Waals surface area (Å²) < 4.78 is 10.5. The van der Waals surface area contributed by atoms with E-state index in [0.29, 0.717) is 22.7 Å². The molecular weight excluding hydrogens is 346 g/mol. The molecule has 0 aliphatic rings. The second-order valence-corrected chi connectivity index (χ2v) is 5.77. The summed E-state index contributed by atoms with van der Waals surface area (Å²) in [5.41, 5.74) is 1.58. The topological polar surface area (TPSA) is 91.7 Å². The molecule has 140 valence electrons. The van der Waals surface area contributed by atoms with Crippen LogP contribution in [0.5, 0.6) is 11.5 Å². The molecule has 1 N–H and O–H groups in total. The van der Waals surface area contributed by atoms with Crippen molar-refractivity contribution in [3.05, 3.63) is 53.6 Å². The highest BCUT2D eigenvalue weighted by atomic mass is 16.5. The van der Waals surface area contributed by atoms with Gasteiger partial charge in [0.1, 0.15) is 12.6 Å². The summed E-state index contributed by atoms with van der Waals surface area (Å²) in [6.45, 7) is 1.50. The second-order valence-electron chi connectivity index (χ2n) is 5.77. The Morgan fingerprint density at radius 2 is 1.81 bits per heavy atom. The molecule has 2 aromatic carbocycles. The third-order valence-corrected chi connectivity index (χ3v) is 3.92. The van der Waals surface area contributed by atoms with Crippen molar-refractivity contribution in [1.82, 2.24) is 4.90 Å². The average Bonchev–Trinajstić information content (AvgIpc) is 2.67. The van der Waals surface area contributed by atoms with Crippen LogP contribution in [0.4, 0.5) is 5.69 Å². The van der Waals surface area contributed by atoms with Gasteiger partial charge in [-0.05, 0) is 29.8 Å². The number of ether oxygens (including phenoxy) is 2. The smallest absolute Gasteiger partial charge is 0.244 e. The highest BCUT2D eigenvalue weighted by Crippen LogP contribution is 2.28. The lowest BCUT2D eigenvalue weighted by molar-refractivity contribution is -0.133. The number of carbonyl (C=O) groups excluding carboxylic acids is 2. The fourth-order valence-electron chi connectivity index (χ4n) is 2.53. The molecule has 2 amide bonds. The Bertz CT molecular complexity index is 874. The van der Waals surface area contributed by atoms with E-state index in [0.717, 1.165) is 5.56 Å². The molecule has 0 atom stereocenters. The van der Waals surface area contributed by atoms with Crippen molar-refractivity contribution in [2.24, 2.45) is 0 Å². The van der Waals surface area contributed by atoms with E-state index >= 15 is 0 Å². The van der Waals surface area contributed by atoms with Gasteiger partial charge in [-0.15, -0.1) is 0 Å². The molecule has 27 heavy (non-hydrogen) atoms. The van der Waals surface area contributed by atoms with Crippen LogP contribution in [-0.2, 0) is 16.1 Å². The van der Waals surface area contributed by atoms with Crippen LogP contribution in [0, 0.1) is 11.3 Å². The molecule has 7 heteroatoms. The van der Waals surface area contributed by atoms with Crippen molar-refractivity contribution in [2.75, 3.05) is 26.1 Å². The molecule has 0 aliphatic heterocycles. The van der Waals surface area contributed by atoms with E-state index in [1.54, 1.807) is 49.6 Å². The van der Waals surface area contributed by atoms with Crippen LogP contribution >= 0.6 is 0 Å². The average molecular weight is 367 g/mol. The van der Waals surface area contributed by atoms with Gasteiger partial charge in [0.25, 0.3) is 0 Å². The summed E-state index contributed by atoms with van der Waals surface area (Å²) in [6.07, 6.45) is 0. The number of rotatable bonds is 7. The standard InChI is InChI=1S/C20H21N3O4/c1-14(24)23(12-15-8-9-18(26-2)19(10-15)27-3)13-20(25)22-17-7-5-4-6-16(17)11-21/h4-10H,12-13H2,1-3H3,(H,22,25). The molecule has 7 nitrogen and oxygen atoms in total. The largest absolute Gasteiger partial charge is 0.493 e. The Kier molecular flexibility index (Phi) is 6.78. The van der Waals surface area contributed by atoms with E-state index in [2.05, 4.69) is 5.32 Å². The Morgan fingerprint density at radius 3 is 2.44 bits per heavy atom. The lowest BCUT2D eigenvalue weighted by atomic mass is 10.1. The fraction of sp³-hybridized carbons (Fsp3) is 0.250. The van der Waals surface area contributed by atoms with Gasteiger partial charge >= 0.3 is 0 Å². The number of benzene rings is 2. The third-order valence-electron chi connectivity index (χ3n) is 3.92. The molecule has 0 radical (unpaired) electrons. The lowest BCUT2D eigenvalue weighted by Crippen LogP contribution is -2.36. The van der Waals surface area contributed by atoms with E-state index < -0.39 is 0 Å². The first-order valence-electron chi connectivity index (χ1n) is 8.24. The van der Waals surface area contributed by atoms with Gasteiger partial charge in [-0.1, -0.05) is 18.2 Å². The maximum Gasteiger partial charge on any atom is 0.244 e. The Labute approximate surface area is 158 Å². The molecule has 0 bridgehead atoms. The van der Waals surface area contributed by atoms with Crippen LogP contribution in [0.3, 0.4) is 0 Å². The predicted molar refractivity (Wildman–Crippen MR) is 100 cm³/mol. The number of para-hydroxylation sites is 1. The van der Waals surface area contributed by atoms with Crippen molar-refractivity contribution < 1.29 is 19.1 Å². The van der Waals surface area contributed by atoms with E-state index in [4.69, 9.17) is 14.7 Å². The molecule has 2 aromatic rings. The quantitative estimate of drug-likeness (QED) is 0.812. The van der Waals surface area contributed by atoms with Gasteiger partial charge in [0.2, 0.25) is 11.8 Å². The Morgan fingerprint density at radius 1 is 1.11 bits per heavy atom. The maximum absolute atomic E-state index is 12.4. The van der Waals surface area contributed by atoms with E-state index in [-0.39, 0.29) is 24.9 Å². The van der Waals surface area contributed by atoms with Gasteiger partial charge in [-0.3, -0.25) is 9.59 Å². The first-order valence-corrected chi connectivity index (χ1v) is 8.24. The van der Waals surface area contributed by atoms with Crippen molar-refractivity contribution >= 4 is 17.5 Å². The minimum atomic E-state index is -0.381. The number of nitrogens with one attached hydrogen (secondary N) is 1. The number of nitrogens with zero attached hydrogens (tertiary/aromatic N) is 2. The second kappa shape index (κ2) is 9.25. The van der Waals surface area contributed by atoms with Gasteiger partial charge in [0.15, 0.2) is 11.5 Å². The number of carbonyl (C=O) groups is 2. The van der Waals surface area contributed by atoms with Crippen molar-refractivity contribution in [3.63, 3.8) is 0 Å².